The molecule has 24 nitrogen and oxygen atoms in total. The number of nitrogens with zero attached hydrogens (tertiary/aromatic N) is 8. The van der Waals surface area contributed by atoms with Crippen LogP contribution in [-0.4, -0.2) is 239 Å². The Morgan fingerprint density at radius 1 is 0.644 bits per heavy atom. The molecule has 0 radical (unpaired) electrons. The van der Waals surface area contributed by atoms with Gasteiger partial charge in [0.05, 0.1) is 36.6 Å². The number of likely N-dealkylation sites (N-methyl/N-ethyl adjacent to an activating group) is 6. The van der Waals surface area contributed by atoms with Crippen molar-refractivity contribution in [3.8, 4) is 0 Å². The molecule has 1 unspecified atom stereocenters. The molecule has 8 atom stereocenters. The number of aryl methyl sites for hydroxylation is 1. The average molecular weight is 1440 g/mol. The van der Waals surface area contributed by atoms with Crippen molar-refractivity contribution < 1.29 is 70.7 Å². The topological polar surface area (TPSA) is 279 Å². The normalized spacial score (nSPS) is 26.0. The Bertz CT molecular complexity index is 3140. The molecule has 0 aromatic heterocycles. The van der Waals surface area contributed by atoms with Gasteiger partial charge in [0.2, 0.25) is 70.9 Å². The number of amides is 12. The lowest BCUT2D eigenvalue weighted by molar-refractivity contribution is -0.150. The van der Waals surface area contributed by atoms with Crippen molar-refractivity contribution in [2.75, 3.05) is 81.6 Å². The van der Waals surface area contributed by atoms with E-state index < -0.39 is 173 Å². The van der Waals surface area contributed by atoms with Gasteiger partial charge < -0.3 is 60.5 Å². The number of hydrogen-bond donors (Lipinski definition) is 4. The molecule has 3 aliphatic heterocycles. The highest BCUT2D eigenvalue weighted by atomic mass is 35.5. The third-order valence-corrected chi connectivity index (χ3v) is 22.1. The Kier molecular flexibility index (Phi) is 29.5. The van der Waals surface area contributed by atoms with E-state index in [1.54, 1.807) is 25.7 Å². The van der Waals surface area contributed by atoms with Gasteiger partial charge in [-0.25, -0.2) is 0 Å². The van der Waals surface area contributed by atoms with Gasteiger partial charge in [-0.1, -0.05) is 131 Å². The summed E-state index contributed by atoms with van der Waals surface area (Å²) in [5, 5.41) is 11.0. The highest BCUT2D eigenvalue weighted by Gasteiger charge is 2.50. The van der Waals surface area contributed by atoms with Crippen molar-refractivity contribution >= 4 is 82.5 Å². The van der Waals surface area contributed by atoms with Crippen LogP contribution in [0.5, 0.6) is 0 Å². The van der Waals surface area contributed by atoms with Gasteiger partial charge in [0.15, 0.2) is 0 Å². The number of hydrogen-bond acceptors (Lipinski definition) is 12. The van der Waals surface area contributed by atoms with Crippen molar-refractivity contribution in [3.63, 3.8) is 0 Å². The number of carbonyl (C=O) groups is 12. The lowest BCUT2D eigenvalue weighted by Gasteiger charge is -2.41. The van der Waals surface area contributed by atoms with Crippen LogP contribution in [0.25, 0.3) is 0 Å². The highest BCUT2D eigenvalue weighted by molar-refractivity contribution is 6.31. The van der Waals surface area contributed by atoms with E-state index in [4.69, 9.17) is 11.6 Å². The second-order valence-electron chi connectivity index (χ2n) is 31.2. The second kappa shape index (κ2) is 35.9. The smallest absolute Gasteiger partial charge is 0.343 e. The third kappa shape index (κ3) is 21.5. The lowest BCUT2D eigenvalue weighted by atomic mass is 9.75. The van der Waals surface area contributed by atoms with E-state index in [-0.39, 0.29) is 74.7 Å². The Morgan fingerprint density at radius 3 is 1.82 bits per heavy atom. The SMILES string of the molecule is CC[C@H](C)[C@@H]1NC(=O)[C@H](CC(C)C)N(C)C(=O)C[C@@H](C(=O)N2CCC(C(C)(C)C)CC2)NC(=O)[C@H](C(C)C)N(C)C(=O)C2(CCCC2)NC(=O)C2CCCN2C(=O)[C@H](CCc2ccc(C(F)(F)F)c(Cl)c2)NC(=O)CN(C)C(=O)[C@H](CC2CCCCC2)N(C)C(=O)CN(C)C(=O)CN(C)C1=O. The van der Waals surface area contributed by atoms with Gasteiger partial charge in [0.1, 0.15) is 47.8 Å². The molecule has 101 heavy (non-hydrogen) atoms. The molecule has 5 aliphatic rings. The van der Waals surface area contributed by atoms with E-state index in [0.717, 1.165) is 58.9 Å². The van der Waals surface area contributed by atoms with Gasteiger partial charge in [-0.3, -0.25) is 57.5 Å². The fourth-order valence-corrected chi connectivity index (χ4v) is 15.5. The van der Waals surface area contributed by atoms with E-state index in [1.807, 2.05) is 20.8 Å². The molecule has 3 saturated heterocycles. The number of benzene rings is 1. The zero-order valence-corrected chi connectivity index (χ0v) is 63.1. The van der Waals surface area contributed by atoms with E-state index in [9.17, 15) is 46.7 Å². The van der Waals surface area contributed by atoms with Crippen molar-refractivity contribution in [2.45, 2.75) is 238 Å². The van der Waals surface area contributed by atoms with Gasteiger partial charge in [0, 0.05) is 61.9 Å². The number of halogens is 4. The van der Waals surface area contributed by atoms with Crippen LogP contribution >= 0.6 is 11.6 Å². The van der Waals surface area contributed by atoms with Crippen LogP contribution in [0.1, 0.15) is 189 Å². The quantitative estimate of drug-likeness (QED) is 0.187. The zero-order chi connectivity index (χ0) is 75.3. The van der Waals surface area contributed by atoms with Crippen LogP contribution in [0.2, 0.25) is 5.02 Å². The lowest BCUT2D eigenvalue weighted by Crippen LogP contribution is -2.65. The molecule has 1 aromatic rings. The molecule has 1 spiro atoms. The molecule has 566 valence electrons. The fraction of sp³-hybridized carbons (Fsp3) is 0.753. The maximum Gasteiger partial charge on any atom is 0.417 e. The Morgan fingerprint density at radius 2 is 1.25 bits per heavy atom. The summed E-state index contributed by atoms with van der Waals surface area (Å²) in [7, 11) is 8.43. The van der Waals surface area contributed by atoms with Gasteiger partial charge in [0.25, 0.3) is 0 Å². The Labute approximate surface area is 600 Å². The van der Waals surface area contributed by atoms with E-state index in [0.29, 0.717) is 57.2 Å². The molecule has 12 amide bonds. The summed E-state index contributed by atoms with van der Waals surface area (Å²) in [6.45, 7) is 16.1. The molecule has 3 heterocycles. The van der Waals surface area contributed by atoms with Gasteiger partial charge in [-0.05, 0) is 117 Å². The summed E-state index contributed by atoms with van der Waals surface area (Å²) in [4.78, 5) is 188. The maximum absolute atomic E-state index is 15.4. The predicted octanol–water partition coefficient (Wildman–Crippen LogP) is 6.43. The first kappa shape index (κ1) is 82.9. The third-order valence-electron chi connectivity index (χ3n) is 21.8. The molecular formula is C73H114ClF3N12O12. The van der Waals surface area contributed by atoms with Crippen LogP contribution < -0.4 is 21.3 Å². The molecule has 6 rings (SSSR count). The molecule has 5 fully saturated rings. The average Bonchev–Trinajstić information content (AvgIpc) is 1.72. The Balaban J connectivity index is 1.42. The number of fused-ring (bicyclic) bond motifs is 1. The van der Waals surface area contributed by atoms with E-state index in [1.165, 1.54) is 68.0 Å². The number of carbonyl (C=O) groups excluding carboxylic acids is 12. The van der Waals surface area contributed by atoms with Gasteiger partial charge in [-0.2, -0.15) is 13.2 Å². The minimum Gasteiger partial charge on any atom is -0.343 e. The fourth-order valence-electron chi connectivity index (χ4n) is 15.2. The first-order valence-corrected chi connectivity index (χ1v) is 36.8. The summed E-state index contributed by atoms with van der Waals surface area (Å²) >= 11 is 6.15. The summed E-state index contributed by atoms with van der Waals surface area (Å²) in [6, 6.07) is -5.80. The monoisotopic (exact) mass is 1440 g/mol. The summed E-state index contributed by atoms with van der Waals surface area (Å²) in [6.07, 6.45) is 2.45. The largest absolute Gasteiger partial charge is 0.417 e. The summed E-state index contributed by atoms with van der Waals surface area (Å²) in [5.41, 5.74) is -2.43. The van der Waals surface area contributed by atoms with Crippen LogP contribution in [0.4, 0.5) is 13.2 Å². The van der Waals surface area contributed by atoms with Crippen molar-refractivity contribution in [3.05, 3.63) is 34.3 Å². The van der Waals surface area contributed by atoms with Crippen LogP contribution in [0.15, 0.2) is 18.2 Å². The standard InChI is InChI=1S/C73H114ClF3N12O12/c1-16-46(6)61-69(100)84(12)42-59(92)82(10)43-60(93)86(14)56(39-47-23-18-17-19-24-47)68(99)83(11)41-57(90)78-52(29-27-48-26-28-50(51(74)38-48)73(75,76)77)67(98)89-34-22-25-54(89)64(95)81-72(32-20-21-33-72)70(101)87(15)62(45(4)5)65(96)79-53(66(97)88-35-30-49(31-36-88)71(7,8)9)40-58(91)85(13)55(37-44(2)3)63(94)80-61/h26,28,38,44-47,49,52-56,61-62H,16-25,27,29-37,39-43H2,1-15H3,(H,78,90)(H,79,96)(H,80,94)(H,81,95)/t46-,52-,53-,54?,55-,56-,61-,62-/m0/s1. The summed E-state index contributed by atoms with van der Waals surface area (Å²) < 4.78 is 41.6. The van der Waals surface area contributed by atoms with Gasteiger partial charge in [-0.15, -0.1) is 0 Å². The number of nitrogens with one attached hydrogen (secondary N) is 4. The molecule has 2 aliphatic carbocycles. The van der Waals surface area contributed by atoms with Gasteiger partial charge >= 0.3 is 6.18 Å². The maximum atomic E-state index is 15.4. The molecule has 1 aromatic carbocycles. The van der Waals surface area contributed by atoms with E-state index >= 15 is 24.0 Å². The molecule has 28 heteroatoms. The first-order valence-electron chi connectivity index (χ1n) is 36.4. The second-order valence-corrected chi connectivity index (χ2v) is 31.6. The van der Waals surface area contributed by atoms with Crippen LogP contribution in [0.3, 0.4) is 0 Å². The number of alkyl halides is 3. The number of piperidine rings is 1. The first-order chi connectivity index (χ1) is 47.2. The Hall–Kier alpha value is -7.06. The van der Waals surface area contributed by atoms with Crippen molar-refractivity contribution in [1.82, 2.24) is 60.5 Å². The van der Waals surface area contributed by atoms with Crippen molar-refractivity contribution in [2.24, 2.45) is 35.0 Å². The zero-order valence-electron chi connectivity index (χ0n) is 62.3. The minimum absolute atomic E-state index is 0.0162. The van der Waals surface area contributed by atoms with E-state index in [2.05, 4.69) is 42.0 Å². The van der Waals surface area contributed by atoms with Crippen LogP contribution in [0, 0.1) is 35.0 Å². The molecule has 2 saturated carbocycles. The summed E-state index contributed by atoms with van der Waals surface area (Å²) in [5.74, 6) is -9.09. The minimum atomic E-state index is -4.76. The molecular weight excluding hydrogens is 1330 g/mol. The molecule has 4 N–H and O–H groups in total. The van der Waals surface area contributed by atoms with Crippen molar-refractivity contribution in [1.29, 1.82) is 0 Å². The number of likely N-dealkylation sites (tertiary alicyclic amines) is 1. The highest BCUT2D eigenvalue weighted by Crippen LogP contribution is 2.38. The number of rotatable bonds is 11. The van der Waals surface area contributed by atoms with Crippen LogP contribution in [-0.2, 0) is 70.1 Å². The predicted molar refractivity (Wildman–Crippen MR) is 376 cm³/mol. The molecule has 0 bridgehead atoms.